The fourth-order valence-corrected chi connectivity index (χ4v) is 1.92. The highest BCUT2D eigenvalue weighted by Crippen LogP contribution is 2.21. The molecule has 0 saturated heterocycles. The van der Waals surface area contributed by atoms with E-state index in [1.54, 1.807) is 6.26 Å². The van der Waals surface area contributed by atoms with Gasteiger partial charge < -0.3 is 9.15 Å². The lowest BCUT2D eigenvalue weighted by atomic mass is 10.3. The molecule has 78 valence electrons. The molecule has 14 heavy (non-hydrogen) atoms. The molecular formula is C10H14O3S. The number of carbonyl (C=O) groups is 1. The monoisotopic (exact) mass is 214 g/mol. The highest BCUT2D eigenvalue weighted by atomic mass is 32.2. The number of rotatable bonds is 4. The molecule has 3 nitrogen and oxygen atoms in total. The molecular weight excluding hydrogens is 200 g/mol. The van der Waals surface area contributed by atoms with Gasteiger partial charge in [-0.15, -0.1) is 11.8 Å². The maximum absolute atomic E-state index is 11.1. The van der Waals surface area contributed by atoms with E-state index in [1.165, 1.54) is 18.9 Å². The van der Waals surface area contributed by atoms with Crippen LogP contribution in [0.2, 0.25) is 0 Å². The maximum atomic E-state index is 11.1. The Hall–Kier alpha value is -0.900. The summed E-state index contributed by atoms with van der Waals surface area (Å²) in [5.41, 5.74) is 1.12. The summed E-state index contributed by atoms with van der Waals surface area (Å²) in [7, 11) is 1.40. The minimum Gasteiger partial charge on any atom is -0.468 e. The minimum atomic E-state index is -0.195. The van der Waals surface area contributed by atoms with Crippen LogP contribution in [-0.2, 0) is 15.3 Å². The highest BCUT2D eigenvalue weighted by Gasteiger charge is 2.14. The summed E-state index contributed by atoms with van der Waals surface area (Å²) in [5.74, 6) is 1.43. The number of carbonyl (C=O) groups excluding carboxylic acids is 1. The first-order valence-electron chi connectivity index (χ1n) is 4.37. The summed E-state index contributed by atoms with van der Waals surface area (Å²) in [6, 6.07) is 1.92. The second-order valence-electron chi connectivity index (χ2n) is 3.00. The lowest BCUT2D eigenvalue weighted by Crippen LogP contribution is -2.14. The number of esters is 1. The quantitative estimate of drug-likeness (QED) is 0.721. The molecule has 0 aromatic carbocycles. The zero-order valence-electron chi connectivity index (χ0n) is 8.57. The molecule has 0 aliphatic rings. The van der Waals surface area contributed by atoms with E-state index in [1.807, 2.05) is 19.9 Å². The van der Waals surface area contributed by atoms with E-state index in [4.69, 9.17) is 4.42 Å². The third-order valence-corrected chi connectivity index (χ3v) is 3.09. The van der Waals surface area contributed by atoms with Crippen LogP contribution >= 0.6 is 11.8 Å². The number of methoxy groups -OCH3 is 1. The van der Waals surface area contributed by atoms with Gasteiger partial charge in [-0.05, 0) is 25.5 Å². The topological polar surface area (TPSA) is 39.4 Å². The molecule has 0 saturated carbocycles. The van der Waals surface area contributed by atoms with Crippen LogP contribution in [-0.4, -0.2) is 18.3 Å². The van der Waals surface area contributed by atoms with Gasteiger partial charge in [-0.25, -0.2) is 0 Å². The molecule has 4 heteroatoms. The van der Waals surface area contributed by atoms with Crippen molar-refractivity contribution in [2.24, 2.45) is 0 Å². The first-order valence-corrected chi connectivity index (χ1v) is 5.42. The molecule has 0 spiro atoms. The average molecular weight is 214 g/mol. The molecule has 0 radical (unpaired) electrons. The van der Waals surface area contributed by atoms with Crippen LogP contribution < -0.4 is 0 Å². The van der Waals surface area contributed by atoms with Crippen LogP contribution in [0.5, 0.6) is 0 Å². The molecule has 1 aromatic rings. The van der Waals surface area contributed by atoms with Gasteiger partial charge in [0.1, 0.15) is 11.0 Å². The number of ether oxygens (including phenoxy) is 1. The van der Waals surface area contributed by atoms with Gasteiger partial charge in [0.2, 0.25) is 0 Å². The predicted molar refractivity (Wildman–Crippen MR) is 56.2 cm³/mol. The normalized spacial score (nSPS) is 12.5. The summed E-state index contributed by atoms with van der Waals surface area (Å²) >= 11 is 1.51. The molecule has 0 bridgehead atoms. The van der Waals surface area contributed by atoms with Gasteiger partial charge in [0.25, 0.3) is 0 Å². The van der Waals surface area contributed by atoms with E-state index in [0.29, 0.717) is 5.75 Å². The van der Waals surface area contributed by atoms with Gasteiger partial charge in [-0.3, -0.25) is 4.79 Å². The van der Waals surface area contributed by atoms with Gasteiger partial charge in [0.05, 0.1) is 19.1 Å². The van der Waals surface area contributed by atoms with Gasteiger partial charge in [0.15, 0.2) is 0 Å². The summed E-state index contributed by atoms with van der Waals surface area (Å²) in [6.45, 7) is 3.82. The van der Waals surface area contributed by atoms with E-state index in [0.717, 1.165) is 11.3 Å². The molecule has 1 unspecified atom stereocenters. The molecule has 0 aliphatic carbocycles. The number of thioether (sulfide) groups is 1. The first kappa shape index (κ1) is 11.2. The SMILES string of the molecule is COC(=O)C(C)SCc1occc1C. The molecule has 1 aromatic heterocycles. The number of aryl methyl sites for hydroxylation is 1. The fraction of sp³-hybridized carbons (Fsp3) is 0.500. The van der Waals surface area contributed by atoms with Crippen LogP contribution in [0.25, 0.3) is 0 Å². The Morgan fingerprint density at radius 1 is 1.71 bits per heavy atom. The van der Waals surface area contributed by atoms with Crippen molar-refractivity contribution in [1.82, 2.24) is 0 Å². The lowest BCUT2D eigenvalue weighted by molar-refractivity contribution is -0.139. The fourth-order valence-electron chi connectivity index (χ4n) is 0.987. The maximum Gasteiger partial charge on any atom is 0.318 e. The van der Waals surface area contributed by atoms with Crippen LogP contribution in [0.3, 0.4) is 0 Å². The van der Waals surface area contributed by atoms with Gasteiger partial charge in [-0.1, -0.05) is 0 Å². The van der Waals surface area contributed by atoms with Gasteiger partial charge >= 0.3 is 5.97 Å². The third kappa shape index (κ3) is 2.80. The van der Waals surface area contributed by atoms with Crippen molar-refractivity contribution in [2.75, 3.05) is 7.11 Å². The first-order chi connectivity index (χ1) is 6.65. The van der Waals surface area contributed by atoms with Crippen molar-refractivity contribution in [3.8, 4) is 0 Å². The summed E-state index contributed by atoms with van der Waals surface area (Å²) in [4.78, 5) is 11.1. The largest absolute Gasteiger partial charge is 0.468 e. The molecule has 0 amide bonds. The van der Waals surface area contributed by atoms with Crippen molar-refractivity contribution < 1.29 is 13.9 Å². The Morgan fingerprint density at radius 2 is 2.43 bits per heavy atom. The molecule has 0 aliphatic heterocycles. The van der Waals surface area contributed by atoms with Crippen molar-refractivity contribution in [3.63, 3.8) is 0 Å². The third-order valence-electron chi connectivity index (χ3n) is 1.97. The Morgan fingerprint density at radius 3 is 2.93 bits per heavy atom. The minimum absolute atomic E-state index is 0.149. The number of furan rings is 1. The molecule has 1 heterocycles. The zero-order chi connectivity index (χ0) is 10.6. The Bertz CT molecular complexity index is 306. The van der Waals surface area contributed by atoms with Crippen LogP contribution in [0.1, 0.15) is 18.2 Å². The van der Waals surface area contributed by atoms with Crippen molar-refractivity contribution in [2.45, 2.75) is 24.9 Å². The summed E-state index contributed by atoms with van der Waals surface area (Å²) in [5, 5.41) is -0.149. The Labute approximate surface area is 87.8 Å². The smallest absolute Gasteiger partial charge is 0.318 e. The van der Waals surface area contributed by atoms with Crippen molar-refractivity contribution >= 4 is 17.7 Å². The van der Waals surface area contributed by atoms with E-state index < -0.39 is 0 Å². The van der Waals surface area contributed by atoms with E-state index in [9.17, 15) is 4.79 Å². The Balaban J connectivity index is 2.41. The molecule has 0 fully saturated rings. The lowest BCUT2D eigenvalue weighted by Gasteiger charge is -2.07. The van der Waals surface area contributed by atoms with Gasteiger partial charge in [-0.2, -0.15) is 0 Å². The highest BCUT2D eigenvalue weighted by molar-refractivity contribution is 7.99. The van der Waals surface area contributed by atoms with E-state index in [-0.39, 0.29) is 11.2 Å². The predicted octanol–water partition coefficient (Wildman–Crippen LogP) is 2.38. The Kier molecular flexibility index (Phi) is 4.07. The summed E-state index contributed by atoms with van der Waals surface area (Å²) in [6.07, 6.45) is 1.66. The second-order valence-corrected chi connectivity index (χ2v) is 4.33. The second kappa shape index (κ2) is 5.10. The van der Waals surface area contributed by atoms with E-state index in [2.05, 4.69) is 4.74 Å². The van der Waals surface area contributed by atoms with Crippen LogP contribution in [0.15, 0.2) is 16.7 Å². The summed E-state index contributed by atoms with van der Waals surface area (Å²) < 4.78 is 9.88. The van der Waals surface area contributed by atoms with Crippen LogP contribution in [0.4, 0.5) is 0 Å². The zero-order valence-corrected chi connectivity index (χ0v) is 9.39. The molecule has 1 atom stereocenters. The van der Waals surface area contributed by atoms with Crippen LogP contribution in [0, 0.1) is 6.92 Å². The molecule has 0 N–H and O–H groups in total. The molecule has 1 rings (SSSR count). The average Bonchev–Trinajstić information content (AvgIpc) is 2.59. The number of hydrogen-bond acceptors (Lipinski definition) is 4. The van der Waals surface area contributed by atoms with Crippen molar-refractivity contribution in [1.29, 1.82) is 0 Å². The van der Waals surface area contributed by atoms with E-state index >= 15 is 0 Å². The number of hydrogen-bond donors (Lipinski definition) is 0. The van der Waals surface area contributed by atoms with Crippen molar-refractivity contribution in [3.05, 3.63) is 23.7 Å². The van der Waals surface area contributed by atoms with Gasteiger partial charge in [0, 0.05) is 0 Å². The standard InChI is InChI=1S/C10H14O3S/c1-7-4-5-13-9(7)6-14-8(2)10(11)12-3/h4-5,8H,6H2,1-3H3.